The maximum absolute atomic E-state index is 13.1. The minimum atomic E-state index is -0.0486. The normalized spacial score (nSPS) is 15.6. The summed E-state index contributed by atoms with van der Waals surface area (Å²) in [5.41, 5.74) is 2.51. The van der Waals surface area contributed by atoms with Crippen LogP contribution in [0, 0.1) is 6.92 Å². The van der Waals surface area contributed by atoms with Gasteiger partial charge in [-0.1, -0.05) is 35.9 Å². The monoisotopic (exact) mass is 410 g/mol. The zero-order chi connectivity index (χ0) is 19.3. The smallest absolute Gasteiger partial charge is 0.289 e. The van der Waals surface area contributed by atoms with Crippen LogP contribution in [0.25, 0.3) is 21.2 Å². The fourth-order valence-electron chi connectivity index (χ4n) is 3.95. The lowest BCUT2D eigenvalue weighted by atomic mass is 9.97. The summed E-state index contributed by atoms with van der Waals surface area (Å²) in [7, 11) is 0. The Labute approximate surface area is 171 Å². The number of benzene rings is 2. The Bertz CT molecular complexity index is 1150. The summed E-state index contributed by atoms with van der Waals surface area (Å²) >= 11 is 8.00. The van der Waals surface area contributed by atoms with Gasteiger partial charge in [-0.05, 0) is 38.0 Å². The van der Waals surface area contributed by atoms with Crippen molar-refractivity contribution >= 4 is 50.0 Å². The zero-order valence-electron chi connectivity index (χ0n) is 15.4. The van der Waals surface area contributed by atoms with E-state index in [1.165, 1.54) is 9.71 Å². The second kappa shape index (κ2) is 6.90. The van der Waals surface area contributed by atoms with Crippen molar-refractivity contribution in [1.29, 1.82) is 0 Å². The molecule has 0 N–H and O–H groups in total. The highest BCUT2D eigenvalue weighted by molar-refractivity contribution is 7.18. The molecule has 5 rings (SSSR count). The minimum Gasteiger partial charge on any atom is -0.449 e. The maximum Gasteiger partial charge on any atom is 0.289 e. The molecule has 6 heteroatoms. The van der Waals surface area contributed by atoms with Crippen molar-refractivity contribution in [3.63, 3.8) is 0 Å². The van der Waals surface area contributed by atoms with E-state index in [1.807, 2.05) is 36.1 Å². The highest BCUT2D eigenvalue weighted by atomic mass is 35.5. The topological polar surface area (TPSA) is 46.3 Å². The number of rotatable bonds is 2. The molecule has 4 aromatic rings. The van der Waals surface area contributed by atoms with Gasteiger partial charge >= 0.3 is 0 Å². The molecule has 0 unspecified atom stereocenters. The third-order valence-electron chi connectivity index (χ3n) is 5.55. The van der Waals surface area contributed by atoms with E-state index < -0.39 is 0 Å². The molecule has 1 saturated heterocycles. The number of hydrogen-bond acceptors (Lipinski definition) is 4. The number of nitrogens with zero attached hydrogens (tertiary/aromatic N) is 2. The van der Waals surface area contributed by atoms with Crippen molar-refractivity contribution in [2.24, 2.45) is 0 Å². The van der Waals surface area contributed by atoms with Crippen LogP contribution in [0.1, 0.15) is 39.9 Å². The number of furan rings is 1. The number of aromatic nitrogens is 1. The van der Waals surface area contributed by atoms with Gasteiger partial charge in [-0.15, -0.1) is 11.3 Å². The summed E-state index contributed by atoms with van der Waals surface area (Å²) in [6.45, 7) is 3.34. The first-order valence-corrected chi connectivity index (χ1v) is 10.6. The predicted molar refractivity (Wildman–Crippen MR) is 113 cm³/mol. The van der Waals surface area contributed by atoms with E-state index in [-0.39, 0.29) is 5.91 Å². The lowest BCUT2D eigenvalue weighted by Crippen LogP contribution is -2.38. The van der Waals surface area contributed by atoms with E-state index in [9.17, 15) is 4.79 Å². The number of piperidine rings is 1. The Hall–Kier alpha value is -2.37. The standard InChI is InChI=1S/C22H19ClN2O2S/c1-13-15-5-4-6-16(23)20(15)27-19(13)22(26)25-11-9-14(10-12-25)21-24-17-7-2-3-8-18(17)28-21/h2-8,14H,9-12H2,1H3. The van der Waals surface area contributed by atoms with Crippen LogP contribution in [0.2, 0.25) is 5.02 Å². The summed E-state index contributed by atoms with van der Waals surface area (Å²) in [4.78, 5) is 19.8. The highest BCUT2D eigenvalue weighted by Crippen LogP contribution is 2.35. The molecule has 0 atom stereocenters. The van der Waals surface area contributed by atoms with E-state index in [0.717, 1.165) is 29.3 Å². The Kier molecular flexibility index (Phi) is 4.37. The molecule has 1 amide bonds. The number of carbonyl (C=O) groups excluding carboxylic acids is 1. The SMILES string of the molecule is Cc1c(C(=O)N2CCC(c3nc4ccccc4s3)CC2)oc2c(Cl)cccc12. The zero-order valence-corrected chi connectivity index (χ0v) is 17.0. The van der Waals surface area contributed by atoms with Crippen LogP contribution in [0.4, 0.5) is 0 Å². The Morgan fingerprint density at radius 1 is 1.18 bits per heavy atom. The van der Waals surface area contributed by atoms with Gasteiger partial charge in [0.25, 0.3) is 5.91 Å². The van der Waals surface area contributed by atoms with Gasteiger partial charge < -0.3 is 9.32 Å². The third kappa shape index (κ3) is 2.90. The van der Waals surface area contributed by atoms with E-state index >= 15 is 0 Å². The minimum absolute atomic E-state index is 0.0486. The van der Waals surface area contributed by atoms with Crippen LogP contribution in [0.3, 0.4) is 0 Å². The van der Waals surface area contributed by atoms with Gasteiger partial charge in [0.1, 0.15) is 0 Å². The van der Waals surface area contributed by atoms with E-state index in [4.69, 9.17) is 21.0 Å². The molecular weight excluding hydrogens is 392 g/mol. The van der Waals surface area contributed by atoms with Gasteiger partial charge in [0.2, 0.25) is 0 Å². The second-order valence-electron chi connectivity index (χ2n) is 7.26. The fourth-order valence-corrected chi connectivity index (χ4v) is 5.30. The number of carbonyl (C=O) groups is 1. The molecule has 1 aliphatic rings. The van der Waals surface area contributed by atoms with E-state index in [2.05, 4.69) is 12.1 Å². The number of amides is 1. The highest BCUT2D eigenvalue weighted by Gasteiger charge is 2.29. The molecular formula is C22H19ClN2O2S. The van der Waals surface area contributed by atoms with Crippen molar-refractivity contribution in [2.45, 2.75) is 25.7 Å². The van der Waals surface area contributed by atoms with Gasteiger partial charge in [0, 0.05) is 30.0 Å². The predicted octanol–water partition coefficient (Wildman–Crippen LogP) is 6.02. The fraction of sp³-hybridized carbons (Fsp3) is 0.273. The van der Waals surface area contributed by atoms with Gasteiger partial charge in [0.15, 0.2) is 11.3 Å². The molecule has 2 aromatic heterocycles. The Balaban J connectivity index is 1.34. The summed E-state index contributed by atoms with van der Waals surface area (Å²) in [6.07, 6.45) is 1.84. The first-order chi connectivity index (χ1) is 13.6. The quantitative estimate of drug-likeness (QED) is 0.405. The lowest BCUT2D eigenvalue weighted by molar-refractivity contribution is 0.0682. The lowest BCUT2D eigenvalue weighted by Gasteiger charge is -2.30. The first-order valence-electron chi connectivity index (χ1n) is 9.44. The molecule has 0 spiro atoms. The van der Waals surface area contributed by atoms with Crippen LogP contribution >= 0.6 is 22.9 Å². The molecule has 1 aliphatic heterocycles. The van der Waals surface area contributed by atoms with Gasteiger partial charge in [-0.3, -0.25) is 4.79 Å². The van der Waals surface area contributed by atoms with Gasteiger partial charge in [0.05, 0.1) is 20.2 Å². The summed E-state index contributed by atoms with van der Waals surface area (Å²) < 4.78 is 7.09. The summed E-state index contributed by atoms with van der Waals surface area (Å²) in [6, 6.07) is 13.8. The molecule has 0 aliphatic carbocycles. The third-order valence-corrected chi connectivity index (χ3v) is 7.05. The van der Waals surface area contributed by atoms with Crippen molar-refractivity contribution in [2.75, 3.05) is 13.1 Å². The summed E-state index contributed by atoms with van der Waals surface area (Å²) in [5, 5.41) is 2.62. The second-order valence-corrected chi connectivity index (χ2v) is 8.73. The number of hydrogen-bond donors (Lipinski definition) is 0. The molecule has 142 valence electrons. The Morgan fingerprint density at radius 2 is 1.96 bits per heavy atom. The van der Waals surface area contributed by atoms with E-state index in [1.54, 1.807) is 17.4 Å². The number of likely N-dealkylation sites (tertiary alicyclic amines) is 1. The van der Waals surface area contributed by atoms with Crippen LogP contribution < -0.4 is 0 Å². The van der Waals surface area contributed by atoms with Crippen LogP contribution in [-0.4, -0.2) is 28.9 Å². The average Bonchev–Trinajstić information content (AvgIpc) is 3.30. The number of halogens is 1. The average molecular weight is 411 g/mol. The molecule has 2 aromatic carbocycles. The molecule has 3 heterocycles. The van der Waals surface area contributed by atoms with Crippen molar-refractivity contribution in [1.82, 2.24) is 9.88 Å². The van der Waals surface area contributed by atoms with Gasteiger partial charge in [-0.25, -0.2) is 4.98 Å². The number of para-hydroxylation sites is 2. The van der Waals surface area contributed by atoms with Gasteiger partial charge in [-0.2, -0.15) is 0 Å². The van der Waals surface area contributed by atoms with Crippen LogP contribution in [0.5, 0.6) is 0 Å². The molecule has 1 fully saturated rings. The van der Waals surface area contributed by atoms with Crippen molar-refractivity contribution in [3.8, 4) is 0 Å². The number of aryl methyl sites for hydroxylation is 1. The van der Waals surface area contributed by atoms with Crippen molar-refractivity contribution in [3.05, 3.63) is 63.8 Å². The van der Waals surface area contributed by atoms with Crippen molar-refractivity contribution < 1.29 is 9.21 Å². The number of fused-ring (bicyclic) bond motifs is 2. The maximum atomic E-state index is 13.1. The van der Waals surface area contributed by atoms with Crippen LogP contribution in [-0.2, 0) is 0 Å². The molecule has 0 saturated carbocycles. The molecule has 28 heavy (non-hydrogen) atoms. The van der Waals surface area contributed by atoms with Crippen LogP contribution in [0.15, 0.2) is 46.9 Å². The number of thiazole rings is 1. The first kappa shape index (κ1) is 17.7. The largest absolute Gasteiger partial charge is 0.449 e. The summed E-state index contributed by atoms with van der Waals surface area (Å²) in [5.74, 6) is 0.765. The molecule has 0 bridgehead atoms. The molecule has 4 nitrogen and oxygen atoms in total. The van der Waals surface area contributed by atoms with E-state index in [0.29, 0.717) is 35.4 Å². The molecule has 0 radical (unpaired) electrons. The Morgan fingerprint density at radius 3 is 2.71 bits per heavy atom.